The molecule has 2 unspecified atom stereocenters. The average molecular weight is 383 g/mol. The van der Waals surface area contributed by atoms with E-state index in [4.69, 9.17) is 0 Å². The van der Waals surface area contributed by atoms with E-state index in [1.165, 1.54) is 32.1 Å². The highest BCUT2D eigenvalue weighted by Gasteiger charge is 2.42. The van der Waals surface area contributed by atoms with Crippen LogP contribution in [0.2, 0.25) is 0 Å². The second-order valence-corrected chi connectivity index (χ2v) is 9.00. The van der Waals surface area contributed by atoms with Crippen LogP contribution < -0.4 is 5.32 Å². The van der Waals surface area contributed by atoms with Crippen LogP contribution in [-0.4, -0.2) is 35.8 Å². The minimum absolute atomic E-state index is 0.109. The first-order valence-electron chi connectivity index (χ1n) is 11.3. The summed E-state index contributed by atoms with van der Waals surface area (Å²) in [6, 6.07) is 10.6. The van der Waals surface area contributed by atoms with Crippen LogP contribution in [0.4, 0.5) is 0 Å². The molecule has 1 aliphatic heterocycles. The summed E-state index contributed by atoms with van der Waals surface area (Å²) in [6.45, 7) is 1.36. The molecular weight excluding hydrogens is 348 g/mol. The van der Waals surface area contributed by atoms with Crippen molar-refractivity contribution in [2.24, 2.45) is 5.92 Å². The molecule has 2 amide bonds. The van der Waals surface area contributed by atoms with Crippen molar-refractivity contribution in [3.63, 3.8) is 0 Å². The van der Waals surface area contributed by atoms with Gasteiger partial charge in [0, 0.05) is 25.6 Å². The molecule has 4 rings (SSSR count). The SMILES string of the molecule is O=C(CCNC(=O)C1(c2ccccc2)CCCC1)N1CCCC2CCCCC21. The zero-order valence-electron chi connectivity index (χ0n) is 17.0. The molecule has 3 aliphatic rings. The highest BCUT2D eigenvalue weighted by atomic mass is 16.2. The Morgan fingerprint density at radius 3 is 2.46 bits per heavy atom. The fraction of sp³-hybridized carbons (Fsp3) is 0.667. The maximum Gasteiger partial charge on any atom is 0.230 e. The van der Waals surface area contributed by atoms with Gasteiger partial charge in [-0.05, 0) is 50.0 Å². The largest absolute Gasteiger partial charge is 0.355 e. The lowest BCUT2D eigenvalue weighted by atomic mass is 9.78. The fourth-order valence-corrected chi connectivity index (χ4v) is 5.91. The van der Waals surface area contributed by atoms with Crippen LogP contribution in [-0.2, 0) is 15.0 Å². The molecule has 28 heavy (non-hydrogen) atoms. The fourth-order valence-electron chi connectivity index (χ4n) is 5.91. The summed E-state index contributed by atoms with van der Waals surface area (Å²) >= 11 is 0. The Labute approximate surface area is 169 Å². The summed E-state index contributed by atoms with van der Waals surface area (Å²) in [5.74, 6) is 1.05. The summed E-state index contributed by atoms with van der Waals surface area (Å²) in [4.78, 5) is 28.1. The number of benzene rings is 1. The zero-order chi connectivity index (χ0) is 19.4. The molecule has 1 N–H and O–H groups in total. The molecule has 1 saturated heterocycles. The summed E-state index contributed by atoms with van der Waals surface area (Å²) in [5, 5.41) is 3.12. The molecule has 3 fully saturated rings. The maximum absolute atomic E-state index is 13.1. The number of carbonyl (C=O) groups excluding carboxylic acids is 2. The number of nitrogens with zero attached hydrogens (tertiary/aromatic N) is 1. The first-order chi connectivity index (χ1) is 13.7. The van der Waals surface area contributed by atoms with Gasteiger partial charge in [0.05, 0.1) is 5.41 Å². The molecule has 0 aromatic heterocycles. The topological polar surface area (TPSA) is 49.4 Å². The number of fused-ring (bicyclic) bond motifs is 1. The van der Waals surface area contributed by atoms with Crippen molar-refractivity contribution in [3.05, 3.63) is 35.9 Å². The molecule has 1 aromatic rings. The van der Waals surface area contributed by atoms with Crippen LogP contribution in [0.25, 0.3) is 0 Å². The first kappa shape index (κ1) is 19.5. The molecule has 1 aromatic carbocycles. The Morgan fingerprint density at radius 1 is 0.964 bits per heavy atom. The molecule has 2 aliphatic carbocycles. The number of rotatable bonds is 5. The van der Waals surface area contributed by atoms with Crippen LogP contribution >= 0.6 is 0 Å². The second kappa shape index (κ2) is 8.67. The number of nitrogens with one attached hydrogen (secondary N) is 1. The van der Waals surface area contributed by atoms with E-state index in [9.17, 15) is 9.59 Å². The van der Waals surface area contributed by atoms with E-state index < -0.39 is 5.41 Å². The van der Waals surface area contributed by atoms with Gasteiger partial charge in [0.2, 0.25) is 11.8 Å². The second-order valence-electron chi connectivity index (χ2n) is 9.00. The Kier molecular flexibility index (Phi) is 6.03. The quantitative estimate of drug-likeness (QED) is 0.830. The molecule has 0 spiro atoms. The number of hydrogen-bond acceptors (Lipinski definition) is 2. The van der Waals surface area contributed by atoms with Gasteiger partial charge in [0.15, 0.2) is 0 Å². The lowest BCUT2D eigenvalue weighted by molar-refractivity contribution is -0.137. The number of likely N-dealkylation sites (tertiary alicyclic amines) is 1. The van der Waals surface area contributed by atoms with Crippen molar-refractivity contribution >= 4 is 11.8 Å². The normalized spacial score (nSPS) is 26.5. The lowest BCUT2D eigenvalue weighted by Gasteiger charge is -2.44. The minimum Gasteiger partial charge on any atom is -0.355 e. The van der Waals surface area contributed by atoms with Crippen LogP contribution in [0.3, 0.4) is 0 Å². The van der Waals surface area contributed by atoms with Crippen molar-refractivity contribution < 1.29 is 9.59 Å². The summed E-state index contributed by atoms with van der Waals surface area (Å²) < 4.78 is 0. The number of amides is 2. The zero-order valence-corrected chi connectivity index (χ0v) is 17.0. The molecule has 0 radical (unpaired) electrons. The average Bonchev–Trinajstić information content (AvgIpc) is 3.25. The maximum atomic E-state index is 13.1. The summed E-state index contributed by atoms with van der Waals surface area (Å²) in [5.41, 5.74) is 0.724. The van der Waals surface area contributed by atoms with Crippen LogP contribution in [0.15, 0.2) is 30.3 Å². The third-order valence-corrected chi connectivity index (χ3v) is 7.41. The molecule has 2 atom stereocenters. The van der Waals surface area contributed by atoms with Gasteiger partial charge in [0.1, 0.15) is 0 Å². The van der Waals surface area contributed by atoms with E-state index >= 15 is 0 Å². The Bertz CT molecular complexity index is 679. The standard InChI is InChI=1S/C24H34N2O2/c27-22(26-18-8-10-19-9-4-5-13-21(19)26)14-17-25-23(28)24(15-6-7-16-24)20-11-2-1-3-12-20/h1-3,11-12,19,21H,4-10,13-18H2,(H,25,28). The summed E-state index contributed by atoms with van der Waals surface area (Å²) in [7, 11) is 0. The summed E-state index contributed by atoms with van der Waals surface area (Å²) in [6.07, 6.45) is 11.9. The lowest BCUT2D eigenvalue weighted by Crippen LogP contribution is -2.50. The molecule has 4 heteroatoms. The van der Waals surface area contributed by atoms with E-state index in [2.05, 4.69) is 22.3 Å². The van der Waals surface area contributed by atoms with Crippen LogP contribution in [0, 0.1) is 5.92 Å². The van der Waals surface area contributed by atoms with E-state index in [1.807, 2.05) is 18.2 Å². The minimum atomic E-state index is -0.399. The van der Waals surface area contributed by atoms with Gasteiger partial charge in [0.25, 0.3) is 0 Å². The van der Waals surface area contributed by atoms with Gasteiger partial charge in [-0.2, -0.15) is 0 Å². The molecule has 0 bridgehead atoms. The van der Waals surface area contributed by atoms with Gasteiger partial charge in [-0.1, -0.05) is 56.0 Å². The third-order valence-electron chi connectivity index (χ3n) is 7.41. The Morgan fingerprint density at radius 2 is 1.68 bits per heavy atom. The highest BCUT2D eigenvalue weighted by Crippen LogP contribution is 2.41. The molecule has 2 saturated carbocycles. The van der Waals surface area contributed by atoms with Crippen LogP contribution in [0.5, 0.6) is 0 Å². The highest BCUT2D eigenvalue weighted by molar-refractivity contribution is 5.89. The Hall–Kier alpha value is -1.84. The number of piperidine rings is 1. The molecule has 1 heterocycles. The van der Waals surface area contributed by atoms with Gasteiger partial charge in [-0.25, -0.2) is 0 Å². The first-order valence-corrected chi connectivity index (χ1v) is 11.3. The monoisotopic (exact) mass is 382 g/mol. The smallest absolute Gasteiger partial charge is 0.230 e. The van der Waals surface area contributed by atoms with Crippen molar-refractivity contribution in [2.75, 3.05) is 13.1 Å². The van der Waals surface area contributed by atoms with E-state index in [0.29, 0.717) is 24.9 Å². The van der Waals surface area contributed by atoms with Gasteiger partial charge < -0.3 is 10.2 Å². The van der Waals surface area contributed by atoms with E-state index in [1.54, 1.807) is 0 Å². The van der Waals surface area contributed by atoms with Crippen molar-refractivity contribution in [1.29, 1.82) is 0 Å². The van der Waals surface area contributed by atoms with Gasteiger partial charge >= 0.3 is 0 Å². The number of hydrogen-bond donors (Lipinski definition) is 1. The predicted octanol–water partition coefficient (Wildman–Crippen LogP) is 4.19. The van der Waals surface area contributed by atoms with Crippen molar-refractivity contribution in [2.45, 2.75) is 82.1 Å². The van der Waals surface area contributed by atoms with E-state index in [-0.39, 0.29) is 11.8 Å². The predicted molar refractivity (Wildman–Crippen MR) is 111 cm³/mol. The van der Waals surface area contributed by atoms with Crippen LogP contribution in [0.1, 0.15) is 76.2 Å². The molecule has 4 nitrogen and oxygen atoms in total. The number of carbonyl (C=O) groups is 2. The van der Waals surface area contributed by atoms with Gasteiger partial charge in [-0.3, -0.25) is 9.59 Å². The van der Waals surface area contributed by atoms with E-state index in [0.717, 1.165) is 44.2 Å². The van der Waals surface area contributed by atoms with Crippen molar-refractivity contribution in [1.82, 2.24) is 10.2 Å². The Balaban J connectivity index is 1.34. The molecular formula is C24H34N2O2. The van der Waals surface area contributed by atoms with Crippen molar-refractivity contribution in [3.8, 4) is 0 Å². The van der Waals surface area contributed by atoms with Gasteiger partial charge in [-0.15, -0.1) is 0 Å². The third kappa shape index (κ3) is 3.83. The molecule has 152 valence electrons.